The molecule has 1 aliphatic rings. The Balaban J connectivity index is 1.68. The standard InChI is InChI=1S/C21H22N2O/c1-15-8-9-18-11-19-14-23(13-17-6-4-3-5-7-17)12-16(2)24-21(19)22-20(18)10-15/h3-11,16H,12-14H2,1-2H3/t16-/m0/s1. The maximum Gasteiger partial charge on any atom is 0.218 e. The van der Waals surface area contributed by atoms with Gasteiger partial charge in [0, 0.05) is 30.6 Å². The number of ether oxygens (including phenoxy) is 1. The molecule has 2 heterocycles. The summed E-state index contributed by atoms with van der Waals surface area (Å²) in [5, 5.41) is 1.18. The van der Waals surface area contributed by atoms with E-state index in [1.54, 1.807) is 0 Å². The Kier molecular flexibility index (Phi) is 3.95. The Bertz CT molecular complexity index is 860. The first kappa shape index (κ1) is 15.2. The van der Waals surface area contributed by atoms with Crippen molar-refractivity contribution in [2.45, 2.75) is 33.0 Å². The van der Waals surface area contributed by atoms with Gasteiger partial charge in [0.05, 0.1) is 5.52 Å². The fraction of sp³-hybridized carbons (Fsp3) is 0.286. The van der Waals surface area contributed by atoms with Crippen molar-refractivity contribution in [1.29, 1.82) is 0 Å². The van der Waals surface area contributed by atoms with Crippen molar-refractivity contribution < 1.29 is 4.74 Å². The van der Waals surface area contributed by atoms with Crippen molar-refractivity contribution in [1.82, 2.24) is 9.88 Å². The molecule has 0 spiro atoms. The maximum absolute atomic E-state index is 6.12. The lowest BCUT2D eigenvalue weighted by Crippen LogP contribution is -2.30. The minimum Gasteiger partial charge on any atom is -0.473 e. The molecular formula is C21H22N2O. The molecule has 4 rings (SSSR count). The van der Waals surface area contributed by atoms with Crippen molar-refractivity contribution in [3.63, 3.8) is 0 Å². The molecule has 3 aromatic rings. The molecule has 0 aliphatic carbocycles. The Morgan fingerprint density at radius 2 is 1.96 bits per heavy atom. The van der Waals surface area contributed by atoms with Crippen LogP contribution in [0, 0.1) is 6.92 Å². The molecule has 0 bridgehead atoms. The van der Waals surface area contributed by atoms with Gasteiger partial charge in [0.15, 0.2) is 0 Å². The summed E-state index contributed by atoms with van der Waals surface area (Å²) >= 11 is 0. The van der Waals surface area contributed by atoms with Gasteiger partial charge in [-0.3, -0.25) is 4.90 Å². The van der Waals surface area contributed by atoms with Gasteiger partial charge in [-0.1, -0.05) is 42.5 Å². The molecule has 0 saturated heterocycles. The quantitative estimate of drug-likeness (QED) is 0.703. The number of hydrogen-bond acceptors (Lipinski definition) is 3. The van der Waals surface area contributed by atoms with Crippen LogP contribution in [-0.2, 0) is 13.1 Å². The number of pyridine rings is 1. The summed E-state index contributed by atoms with van der Waals surface area (Å²) in [7, 11) is 0. The van der Waals surface area contributed by atoms with Crippen LogP contribution in [0.5, 0.6) is 5.88 Å². The lowest BCUT2D eigenvalue weighted by molar-refractivity contribution is 0.153. The molecule has 3 heteroatoms. The van der Waals surface area contributed by atoms with Gasteiger partial charge in [0.2, 0.25) is 5.88 Å². The molecule has 3 nitrogen and oxygen atoms in total. The first-order chi connectivity index (χ1) is 11.7. The van der Waals surface area contributed by atoms with Crippen molar-refractivity contribution >= 4 is 10.9 Å². The predicted molar refractivity (Wildman–Crippen MR) is 97.1 cm³/mol. The van der Waals surface area contributed by atoms with Crippen LogP contribution in [-0.4, -0.2) is 22.5 Å². The molecule has 0 amide bonds. The van der Waals surface area contributed by atoms with Gasteiger partial charge in [0.1, 0.15) is 6.10 Å². The van der Waals surface area contributed by atoms with Crippen LogP contribution in [0.1, 0.15) is 23.6 Å². The highest BCUT2D eigenvalue weighted by Gasteiger charge is 2.21. The van der Waals surface area contributed by atoms with Crippen LogP contribution >= 0.6 is 0 Å². The summed E-state index contributed by atoms with van der Waals surface area (Å²) in [6.45, 7) is 6.92. The van der Waals surface area contributed by atoms with E-state index in [1.807, 2.05) is 0 Å². The number of fused-ring (bicyclic) bond motifs is 2. The van der Waals surface area contributed by atoms with E-state index in [4.69, 9.17) is 9.72 Å². The van der Waals surface area contributed by atoms with Crippen LogP contribution < -0.4 is 4.74 Å². The molecule has 0 N–H and O–H groups in total. The van der Waals surface area contributed by atoms with Gasteiger partial charge in [-0.05, 0) is 37.1 Å². The zero-order valence-electron chi connectivity index (χ0n) is 14.2. The van der Waals surface area contributed by atoms with E-state index in [1.165, 1.54) is 22.1 Å². The number of aryl methyl sites for hydroxylation is 1. The Morgan fingerprint density at radius 3 is 2.79 bits per heavy atom. The highest BCUT2D eigenvalue weighted by Crippen LogP contribution is 2.28. The van der Waals surface area contributed by atoms with E-state index in [0.29, 0.717) is 0 Å². The SMILES string of the molecule is Cc1ccc2cc3c(nc2c1)O[C@@H](C)CN(Cc1ccccc1)C3. The summed E-state index contributed by atoms with van der Waals surface area (Å²) in [6.07, 6.45) is 0.129. The molecule has 0 radical (unpaired) electrons. The fourth-order valence-electron chi connectivity index (χ4n) is 3.38. The number of aromatic nitrogens is 1. The zero-order chi connectivity index (χ0) is 16.5. The van der Waals surface area contributed by atoms with E-state index in [-0.39, 0.29) is 6.10 Å². The lowest BCUT2D eigenvalue weighted by atomic mass is 10.1. The Morgan fingerprint density at radius 1 is 1.12 bits per heavy atom. The second-order valence-corrected chi connectivity index (χ2v) is 6.73. The summed E-state index contributed by atoms with van der Waals surface area (Å²) in [4.78, 5) is 7.22. The molecule has 24 heavy (non-hydrogen) atoms. The van der Waals surface area contributed by atoms with Gasteiger partial charge < -0.3 is 4.74 Å². The second-order valence-electron chi connectivity index (χ2n) is 6.73. The van der Waals surface area contributed by atoms with E-state index < -0.39 is 0 Å². The van der Waals surface area contributed by atoms with Crippen molar-refractivity contribution in [2.24, 2.45) is 0 Å². The first-order valence-electron chi connectivity index (χ1n) is 8.50. The number of nitrogens with zero attached hydrogens (tertiary/aromatic N) is 2. The largest absolute Gasteiger partial charge is 0.473 e. The van der Waals surface area contributed by atoms with Crippen LogP contribution in [0.3, 0.4) is 0 Å². The Hall–Kier alpha value is -2.39. The average molecular weight is 318 g/mol. The van der Waals surface area contributed by atoms with Crippen molar-refractivity contribution in [3.05, 3.63) is 71.3 Å². The van der Waals surface area contributed by atoms with Crippen molar-refractivity contribution in [3.8, 4) is 5.88 Å². The van der Waals surface area contributed by atoms with E-state index in [9.17, 15) is 0 Å². The molecule has 0 unspecified atom stereocenters. The van der Waals surface area contributed by atoms with E-state index in [2.05, 4.69) is 73.3 Å². The molecular weight excluding hydrogens is 296 g/mol. The van der Waals surface area contributed by atoms with Crippen LogP contribution in [0.2, 0.25) is 0 Å². The van der Waals surface area contributed by atoms with Gasteiger partial charge >= 0.3 is 0 Å². The number of hydrogen-bond donors (Lipinski definition) is 0. The van der Waals surface area contributed by atoms with E-state index in [0.717, 1.165) is 31.0 Å². The summed E-state index contributed by atoms with van der Waals surface area (Å²) in [5.74, 6) is 0.788. The topological polar surface area (TPSA) is 25.4 Å². The van der Waals surface area contributed by atoms with E-state index >= 15 is 0 Å². The number of rotatable bonds is 2. The monoisotopic (exact) mass is 318 g/mol. The minimum atomic E-state index is 0.129. The van der Waals surface area contributed by atoms with Gasteiger partial charge in [-0.15, -0.1) is 0 Å². The molecule has 0 fully saturated rings. The van der Waals surface area contributed by atoms with Gasteiger partial charge in [0.25, 0.3) is 0 Å². The summed E-state index contributed by atoms with van der Waals surface area (Å²) in [5.41, 5.74) is 4.74. The first-order valence-corrected chi connectivity index (χ1v) is 8.50. The maximum atomic E-state index is 6.12. The zero-order valence-corrected chi connectivity index (χ0v) is 14.2. The second kappa shape index (κ2) is 6.25. The third kappa shape index (κ3) is 3.13. The van der Waals surface area contributed by atoms with Crippen LogP contribution in [0.4, 0.5) is 0 Å². The van der Waals surface area contributed by atoms with Crippen molar-refractivity contribution in [2.75, 3.05) is 6.54 Å². The lowest BCUT2D eigenvalue weighted by Gasteiger charge is -2.21. The molecule has 1 aliphatic heterocycles. The van der Waals surface area contributed by atoms with Gasteiger partial charge in [-0.25, -0.2) is 4.98 Å². The highest BCUT2D eigenvalue weighted by molar-refractivity contribution is 5.80. The average Bonchev–Trinajstić information content (AvgIpc) is 2.70. The molecule has 1 atom stereocenters. The summed E-state index contributed by atoms with van der Waals surface area (Å²) in [6, 6.07) is 19.2. The molecule has 2 aromatic carbocycles. The smallest absolute Gasteiger partial charge is 0.218 e. The third-order valence-corrected chi connectivity index (χ3v) is 4.48. The van der Waals surface area contributed by atoms with Crippen LogP contribution in [0.25, 0.3) is 10.9 Å². The minimum absolute atomic E-state index is 0.129. The highest BCUT2D eigenvalue weighted by atomic mass is 16.5. The Labute approximate surface area is 142 Å². The molecule has 1 aromatic heterocycles. The number of benzene rings is 2. The van der Waals surface area contributed by atoms with Crippen LogP contribution in [0.15, 0.2) is 54.6 Å². The van der Waals surface area contributed by atoms with Gasteiger partial charge in [-0.2, -0.15) is 0 Å². The normalized spacial score (nSPS) is 18.0. The molecule has 0 saturated carbocycles. The fourth-order valence-corrected chi connectivity index (χ4v) is 3.38. The molecule has 122 valence electrons. The third-order valence-electron chi connectivity index (χ3n) is 4.48. The summed E-state index contributed by atoms with van der Waals surface area (Å²) < 4.78 is 6.12. The predicted octanol–water partition coefficient (Wildman–Crippen LogP) is 4.33.